The number of rotatable bonds is 4. The molecule has 2 amide bonds. The number of primary amides is 1. The van der Waals surface area contributed by atoms with Crippen molar-refractivity contribution in [2.45, 2.75) is 66.7 Å². The zero-order valence-electron chi connectivity index (χ0n) is 18.4. The number of carboxylic acid groups (broad SMARTS) is 1. The molecule has 0 unspecified atom stereocenters. The van der Waals surface area contributed by atoms with Crippen LogP contribution in [0.15, 0.2) is 11.1 Å². The first kappa shape index (κ1) is 22.5. The Morgan fingerprint density at radius 1 is 1.07 bits per heavy atom. The second kappa shape index (κ2) is 8.17. The van der Waals surface area contributed by atoms with E-state index < -0.39 is 23.7 Å². The molecule has 3 rings (SSSR count). The summed E-state index contributed by atoms with van der Waals surface area (Å²) in [5.74, 6) is -2.77. The van der Waals surface area contributed by atoms with Gasteiger partial charge in [-0.1, -0.05) is 31.9 Å². The summed E-state index contributed by atoms with van der Waals surface area (Å²) in [7, 11) is 0. The molecule has 0 aromatic carbocycles. The van der Waals surface area contributed by atoms with E-state index in [1.165, 1.54) is 11.3 Å². The Hall–Kier alpha value is -2.15. The lowest BCUT2D eigenvalue weighted by atomic mass is 9.72. The molecule has 3 atom stereocenters. The van der Waals surface area contributed by atoms with Crippen LogP contribution in [0.3, 0.4) is 0 Å². The number of carbonyl (C=O) groups is 3. The number of nitrogens with two attached hydrogens (primary N) is 1. The molecule has 0 radical (unpaired) electrons. The Bertz CT molecular complexity index is 922. The highest BCUT2D eigenvalue weighted by molar-refractivity contribution is 7.17. The first-order valence-electron chi connectivity index (χ1n) is 10.5. The minimum absolute atomic E-state index is 0.163. The monoisotopic (exact) mass is 432 g/mol. The number of anilines is 1. The van der Waals surface area contributed by atoms with Gasteiger partial charge in [-0.3, -0.25) is 14.4 Å². The van der Waals surface area contributed by atoms with E-state index in [1.807, 2.05) is 13.8 Å². The molecule has 0 bridgehead atoms. The predicted molar refractivity (Wildman–Crippen MR) is 119 cm³/mol. The fourth-order valence-corrected chi connectivity index (χ4v) is 6.04. The SMILES string of the molecule is CC1=C(C)C[C@@H](C(=O)Nc2sc3c(c2C(N)=O)CC[C@H](C(C)(C)C)C3)[C@@H](C(=O)O)C1. The van der Waals surface area contributed by atoms with E-state index in [4.69, 9.17) is 5.73 Å². The van der Waals surface area contributed by atoms with Crippen molar-refractivity contribution in [1.82, 2.24) is 0 Å². The number of hydrogen-bond acceptors (Lipinski definition) is 4. The molecule has 164 valence electrons. The van der Waals surface area contributed by atoms with Gasteiger partial charge in [-0.05, 0) is 62.8 Å². The summed E-state index contributed by atoms with van der Waals surface area (Å²) in [5, 5.41) is 13.0. The highest BCUT2D eigenvalue weighted by Crippen LogP contribution is 2.44. The van der Waals surface area contributed by atoms with Gasteiger partial charge in [0.25, 0.3) is 5.91 Å². The number of nitrogens with one attached hydrogen (secondary N) is 1. The Kier molecular flexibility index (Phi) is 6.14. The zero-order chi connectivity index (χ0) is 22.4. The molecular weight excluding hydrogens is 400 g/mol. The Morgan fingerprint density at radius 3 is 2.20 bits per heavy atom. The summed E-state index contributed by atoms with van der Waals surface area (Å²) < 4.78 is 0. The van der Waals surface area contributed by atoms with Gasteiger partial charge >= 0.3 is 5.97 Å². The minimum Gasteiger partial charge on any atom is -0.481 e. The smallest absolute Gasteiger partial charge is 0.307 e. The number of hydrogen-bond donors (Lipinski definition) is 3. The molecule has 6 nitrogen and oxygen atoms in total. The highest BCUT2D eigenvalue weighted by Gasteiger charge is 2.39. The molecule has 30 heavy (non-hydrogen) atoms. The first-order chi connectivity index (χ1) is 13.9. The van der Waals surface area contributed by atoms with Gasteiger partial charge < -0.3 is 16.2 Å². The third-order valence-electron chi connectivity index (χ3n) is 6.89. The predicted octanol–water partition coefficient (Wildman–Crippen LogP) is 4.38. The second-order valence-electron chi connectivity index (χ2n) is 9.89. The summed E-state index contributed by atoms with van der Waals surface area (Å²) in [5.41, 5.74) is 9.30. The summed E-state index contributed by atoms with van der Waals surface area (Å²) in [4.78, 5) is 38.2. The quantitative estimate of drug-likeness (QED) is 0.613. The maximum atomic E-state index is 13.1. The van der Waals surface area contributed by atoms with Crippen molar-refractivity contribution in [3.8, 4) is 0 Å². The maximum absolute atomic E-state index is 13.1. The molecule has 7 heteroatoms. The number of fused-ring (bicyclic) bond motifs is 1. The maximum Gasteiger partial charge on any atom is 0.307 e. The lowest BCUT2D eigenvalue weighted by molar-refractivity contribution is -0.146. The van der Waals surface area contributed by atoms with Crippen molar-refractivity contribution in [2.75, 3.05) is 5.32 Å². The van der Waals surface area contributed by atoms with Crippen LogP contribution < -0.4 is 11.1 Å². The number of aliphatic carboxylic acids is 1. The summed E-state index contributed by atoms with van der Waals surface area (Å²) >= 11 is 1.42. The number of carbonyl (C=O) groups excluding carboxylic acids is 2. The van der Waals surface area contributed by atoms with Gasteiger partial charge in [-0.15, -0.1) is 11.3 Å². The van der Waals surface area contributed by atoms with Crippen LogP contribution in [-0.2, 0) is 22.4 Å². The van der Waals surface area contributed by atoms with E-state index in [1.54, 1.807) is 0 Å². The van der Waals surface area contributed by atoms with E-state index in [0.717, 1.165) is 40.8 Å². The van der Waals surface area contributed by atoms with Crippen LogP contribution in [0.1, 0.15) is 74.7 Å². The largest absolute Gasteiger partial charge is 0.481 e. The normalized spacial score (nSPS) is 24.4. The Morgan fingerprint density at radius 2 is 1.67 bits per heavy atom. The molecule has 2 aliphatic carbocycles. The molecular formula is C23H32N2O4S. The summed E-state index contributed by atoms with van der Waals surface area (Å²) in [6, 6.07) is 0. The minimum atomic E-state index is -0.962. The number of carboxylic acids is 1. The standard InChI is InChI=1S/C23H32N2O4S/c1-11-8-15(16(22(28)29)9-12(11)2)20(27)25-21-18(19(24)26)14-7-6-13(23(3,4)5)10-17(14)30-21/h13,15-16H,6-10H2,1-5H3,(H2,24,26)(H,25,27)(H,28,29)/t13-,15+,16-/m0/s1. The van der Waals surface area contributed by atoms with Crippen molar-refractivity contribution < 1.29 is 19.5 Å². The van der Waals surface area contributed by atoms with E-state index >= 15 is 0 Å². The fourth-order valence-electron chi connectivity index (χ4n) is 4.71. The van der Waals surface area contributed by atoms with Crippen LogP contribution in [0.2, 0.25) is 0 Å². The molecule has 1 heterocycles. The Labute approximate surface area is 181 Å². The van der Waals surface area contributed by atoms with Gasteiger partial charge in [0, 0.05) is 4.88 Å². The van der Waals surface area contributed by atoms with Crippen molar-refractivity contribution in [1.29, 1.82) is 0 Å². The van der Waals surface area contributed by atoms with Crippen LogP contribution in [0.25, 0.3) is 0 Å². The van der Waals surface area contributed by atoms with Crippen molar-refractivity contribution in [3.05, 3.63) is 27.2 Å². The van der Waals surface area contributed by atoms with Gasteiger partial charge in [0.15, 0.2) is 0 Å². The number of thiophene rings is 1. The van der Waals surface area contributed by atoms with Crippen molar-refractivity contribution >= 4 is 34.1 Å². The number of amides is 2. The molecule has 0 saturated carbocycles. The molecule has 1 aromatic rings. The third kappa shape index (κ3) is 4.31. The molecule has 0 spiro atoms. The van der Waals surface area contributed by atoms with Crippen LogP contribution in [0.4, 0.5) is 5.00 Å². The average Bonchev–Trinajstić information content (AvgIpc) is 2.99. The van der Waals surface area contributed by atoms with Gasteiger partial charge in [-0.25, -0.2) is 0 Å². The van der Waals surface area contributed by atoms with E-state index in [2.05, 4.69) is 26.1 Å². The fraction of sp³-hybridized carbons (Fsp3) is 0.609. The van der Waals surface area contributed by atoms with Gasteiger partial charge in [0.1, 0.15) is 5.00 Å². The van der Waals surface area contributed by atoms with Gasteiger partial charge in [-0.2, -0.15) is 0 Å². The van der Waals surface area contributed by atoms with E-state index in [-0.39, 0.29) is 11.3 Å². The molecule has 4 N–H and O–H groups in total. The van der Waals surface area contributed by atoms with Crippen LogP contribution >= 0.6 is 11.3 Å². The van der Waals surface area contributed by atoms with Crippen LogP contribution in [0, 0.1) is 23.2 Å². The van der Waals surface area contributed by atoms with Gasteiger partial charge in [0.2, 0.25) is 5.91 Å². The molecule has 1 aromatic heterocycles. The number of allylic oxidation sites excluding steroid dienone is 2. The highest BCUT2D eigenvalue weighted by atomic mass is 32.1. The van der Waals surface area contributed by atoms with Crippen LogP contribution in [0.5, 0.6) is 0 Å². The van der Waals surface area contributed by atoms with Crippen molar-refractivity contribution in [2.24, 2.45) is 28.9 Å². The lowest BCUT2D eigenvalue weighted by Crippen LogP contribution is -2.36. The van der Waals surface area contributed by atoms with Gasteiger partial charge in [0.05, 0.1) is 17.4 Å². The summed E-state index contributed by atoms with van der Waals surface area (Å²) in [6.45, 7) is 10.5. The molecule has 0 saturated heterocycles. The molecule has 0 fully saturated rings. The summed E-state index contributed by atoms with van der Waals surface area (Å²) in [6.07, 6.45) is 3.40. The first-order valence-corrected chi connectivity index (χ1v) is 11.3. The average molecular weight is 433 g/mol. The second-order valence-corrected chi connectivity index (χ2v) is 11.0. The molecule has 2 aliphatic rings. The lowest BCUT2D eigenvalue weighted by Gasteiger charge is -2.33. The van der Waals surface area contributed by atoms with Crippen LogP contribution in [-0.4, -0.2) is 22.9 Å². The van der Waals surface area contributed by atoms with Crippen molar-refractivity contribution in [3.63, 3.8) is 0 Å². The van der Waals surface area contributed by atoms with E-state index in [9.17, 15) is 19.5 Å². The Balaban J connectivity index is 1.90. The molecule has 0 aliphatic heterocycles. The zero-order valence-corrected chi connectivity index (χ0v) is 19.2. The topological polar surface area (TPSA) is 109 Å². The third-order valence-corrected chi connectivity index (χ3v) is 8.06. The van der Waals surface area contributed by atoms with E-state index in [0.29, 0.717) is 29.3 Å².